The van der Waals surface area contributed by atoms with Gasteiger partial charge in [-0.25, -0.2) is 0 Å². The van der Waals surface area contributed by atoms with Crippen molar-refractivity contribution in [3.63, 3.8) is 0 Å². The van der Waals surface area contributed by atoms with E-state index in [9.17, 15) is 0 Å². The maximum absolute atomic E-state index is 5.51. The molecule has 1 aliphatic heterocycles. The van der Waals surface area contributed by atoms with Crippen LogP contribution in [-0.4, -0.2) is 12.2 Å². The quantitative estimate of drug-likeness (QED) is 0.523. The summed E-state index contributed by atoms with van der Waals surface area (Å²) in [5.74, 6) is 0.720. The molecule has 0 aromatic rings. The van der Waals surface area contributed by atoms with Gasteiger partial charge in [-0.15, -0.1) is 0 Å². The van der Waals surface area contributed by atoms with Gasteiger partial charge in [-0.3, -0.25) is 0 Å². The molecule has 0 N–H and O–H groups in total. The van der Waals surface area contributed by atoms with Gasteiger partial charge >= 0.3 is 0 Å². The van der Waals surface area contributed by atoms with Gasteiger partial charge in [0, 0.05) is 0 Å². The monoisotopic (exact) mass is 127 g/mol. The van der Waals surface area contributed by atoms with E-state index in [4.69, 9.17) is 4.74 Å². The maximum atomic E-state index is 5.51. The standard InChI is InChI=1S/C8H15O/c1-4-8-6(2)5-7(3)9-8/h6-8H,3-5H2,1-2H3. The number of hydrogen-bond acceptors (Lipinski definition) is 1. The summed E-state index contributed by atoms with van der Waals surface area (Å²) in [6, 6.07) is 0. The lowest BCUT2D eigenvalue weighted by Crippen LogP contribution is -2.11. The van der Waals surface area contributed by atoms with Gasteiger partial charge < -0.3 is 4.74 Å². The number of rotatable bonds is 1. The third-order valence-electron chi connectivity index (χ3n) is 2.04. The van der Waals surface area contributed by atoms with Crippen molar-refractivity contribution in [1.29, 1.82) is 0 Å². The Kier molecular flexibility index (Phi) is 2.12. The summed E-state index contributed by atoms with van der Waals surface area (Å²) in [6.07, 6.45) is 3.00. The van der Waals surface area contributed by atoms with E-state index in [1.54, 1.807) is 0 Å². The molecule has 1 fully saturated rings. The van der Waals surface area contributed by atoms with Crippen LogP contribution in [0, 0.1) is 12.8 Å². The first kappa shape index (κ1) is 7.07. The fourth-order valence-electron chi connectivity index (χ4n) is 1.50. The van der Waals surface area contributed by atoms with Gasteiger partial charge in [0.25, 0.3) is 0 Å². The van der Waals surface area contributed by atoms with Crippen molar-refractivity contribution in [3.05, 3.63) is 6.92 Å². The molecule has 0 saturated carbocycles. The third kappa shape index (κ3) is 1.45. The van der Waals surface area contributed by atoms with Gasteiger partial charge in [0.2, 0.25) is 0 Å². The fraction of sp³-hybridized carbons (Fsp3) is 0.875. The van der Waals surface area contributed by atoms with Gasteiger partial charge in [0.05, 0.1) is 12.2 Å². The zero-order chi connectivity index (χ0) is 6.85. The molecule has 1 heteroatoms. The van der Waals surface area contributed by atoms with E-state index in [1.807, 2.05) is 0 Å². The molecule has 0 aromatic carbocycles. The summed E-state index contributed by atoms with van der Waals surface area (Å²) in [4.78, 5) is 0. The SMILES string of the molecule is [CH2]C1CC(C)C(CC)O1. The van der Waals surface area contributed by atoms with Crippen LogP contribution in [0.15, 0.2) is 0 Å². The molecule has 3 atom stereocenters. The largest absolute Gasteiger partial charge is 0.375 e. The van der Waals surface area contributed by atoms with E-state index in [2.05, 4.69) is 20.8 Å². The molecular formula is C8H15O. The lowest BCUT2D eigenvalue weighted by atomic mass is 10.0. The Balaban J connectivity index is 2.38. The number of hydrogen-bond donors (Lipinski definition) is 0. The summed E-state index contributed by atoms with van der Waals surface area (Å²) in [5, 5.41) is 0. The smallest absolute Gasteiger partial charge is 0.0602 e. The van der Waals surface area contributed by atoms with Crippen molar-refractivity contribution in [1.82, 2.24) is 0 Å². The predicted octanol–water partition coefficient (Wildman–Crippen LogP) is 2.02. The zero-order valence-electron chi connectivity index (χ0n) is 6.26. The summed E-state index contributed by atoms with van der Waals surface area (Å²) in [6.45, 7) is 8.27. The van der Waals surface area contributed by atoms with Crippen LogP contribution >= 0.6 is 0 Å². The minimum absolute atomic E-state index is 0.255. The third-order valence-corrected chi connectivity index (χ3v) is 2.04. The molecule has 1 aliphatic rings. The van der Waals surface area contributed by atoms with Crippen molar-refractivity contribution >= 4 is 0 Å². The van der Waals surface area contributed by atoms with Crippen LogP contribution in [0.1, 0.15) is 26.7 Å². The highest BCUT2D eigenvalue weighted by Crippen LogP contribution is 2.26. The molecular weight excluding hydrogens is 112 g/mol. The molecule has 0 aliphatic carbocycles. The first-order valence-electron chi connectivity index (χ1n) is 3.72. The molecule has 1 rings (SSSR count). The molecule has 9 heavy (non-hydrogen) atoms. The Hall–Kier alpha value is -0.0400. The van der Waals surface area contributed by atoms with Crippen molar-refractivity contribution in [3.8, 4) is 0 Å². The Bertz CT molecular complexity index is 90.6. The highest BCUT2D eigenvalue weighted by atomic mass is 16.5. The van der Waals surface area contributed by atoms with Crippen molar-refractivity contribution in [2.75, 3.05) is 0 Å². The summed E-state index contributed by atoms with van der Waals surface area (Å²) >= 11 is 0. The average Bonchev–Trinajstić information content (AvgIpc) is 2.10. The Morgan fingerprint density at radius 2 is 2.33 bits per heavy atom. The second-order valence-electron chi connectivity index (χ2n) is 2.92. The Morgan fingerprint density at radius 3 is 2.56 bits per heavy atom. The topological polar surface area (TPSA) is 9.23 Å². The van der Waals surface area contributed by atoms with E-state index in [1.165, 1.54) is 0 Å². The summed E-state index contributed by atoms with van der Waals surface area (Å²) in [7, 11) is 0. The lowest BCUT2D eigenvalue weighted by Gasteiger charge is -2.10. The van der Waals surface area contributed by atoms with Gasteiger partial charge in [0.1, 0.15) is 0 Å². The van der Waals surface area contributed by atoms with Crippen molar-refractivity contribution in [2.24, 2.45) is 5.92 Å². The van der Waals surface area contributed by atoms with Crippen LogP contribution in [0.2, 0.25) is 0 Å². The minimum Gasteiger partial charge on any atom is -0.375 e. The normalized spacial score (nSPS) is 43.7. The maximum Gasteiger partial charge on any atom is 0.0602 e. The highest BCUT2D eigenvalue weighted by Gasteiger charge is 2.27. The van der Waals surface area contributed by atoms with Crippen LogP contribution in [0.4, 0.5) is 0 Å². The van der Waals surface area contributed by atoms with Crippen LogP contribution in [-0.2, 0) is 4.74 Å². The van der Waals surface area contributed by atoms with Crippen LogP contribution in [0.25, 0.3) is 0 Å². The molecule has 1 heterocycles. The highest BCUT2D eigenvalue weighted by molar-refractivity contribution is 4.79. The van der Waals surface area contributed by atoms with E-state index in [0.717, 1.165) is 18.8 Å². The first-order valence-corrected chi connectivity index (χ1v) is 3.72. The van der Waals surface area contributed by atoms with E-state index in [0.29, 0.717) is 6.10 Å². The molecule has 0 amide bonds. The van der Waals surface area contributed by atoms with Crippen LogP contribution in [0.3, 0.4) is 0 Å². The van der Waals surface area contributed by atoms with Crippen molar-refractivity contribution in [2.45, 2.75) is 38.9 Å². The second-order valence-corrected chi connectivity index (χ2v) is 2.92. The molecule has 1 saturated heterocycles. The van der Waals surface area contributed by atoms with Gasteiger partial charge in [-0.1, -0.05) is 13.8 Å². The first-order chi connectivity index (χ1) is 4.24. The molecule has 0 bridgehead atoms. The minimum atomic E-state index is 0.255. The van der Waals surface area contributed by atoms with E-state index >= 15 is 0 Å². The molecule has 3 unspecified atom stereocenters. The van der Waals surface area contributed by atoms with Crippen molar-refractivity contribution < 1.29 is 4.74 Å². The average molecular weight is 127 g/mol. The molecule has 1 radical (unpaired) electrons. The van der Waals surface area contributed by atoms with Gasteiger partial charge in [-0.05, 0) is 25.7 Å². The molecule has 1 nitrogen and oxygen atoms in total. The predicted molar refractivity (Wildman–Crippen MR) is 38.1 cm³/mol. The Morgan fingerprint density at radius 1 is 1.67 bits per heavy atom. The van der Waals surface area contributed by atoms with Gasteiger partial charge in [0.15, 0.2) is 0 Å². The molecule has 0 spiro atoms. The fourth-order valence-corrected chi connectivity index (χ4v) is 1.50. The van der Waals surface area contributed by atoms with E-state index in [-0.39, 0.29) is 6.10 Å². The zero-order valence-corrected chi connectivity index (χ0v) is 6.26. The van der Waals surface area contributed by atoms with E-state index < -0.39 is 0 Å². The summed E-state index contributed by atoms with van der Waals surface area (Å²) in [5.41, 5.74) is 0. The number of ether oxygens (including phenoxy) is 1. The summed E-state index contributed by atoms with van der Waals surface area (Å²) < 4.78 is 5.51. The Labute approximate surface area is 57.4 Å². The second kappa shape index (κ2) is 2.70. The molecule has 53 valence electrons. The van der Waals surface area contributed by atoms with Crippen LogP contribution < -0.4 is 0 Å². The van der Waals surface area contributed by atoms with Gasteiger partial charge in [-0.2, -0.15) is 0 Å². The molecule has 0 aromatic heterocycles. The lowest BCUT2D eigenvalue weighted by molar-refractivity contribution is 0.0559. The van der Waals surface area contributed by atoms with Crippen LogP contribution in [0.5, 0.6) is 0 Å².